The van der Waals surface area contributed by atoms with E-state index >= 15 is 0 Å². The van der Waals surface area contributed by atoms with Crippen LogP contribution in [0.15, 0.2) is 27.8 Å². The monoisotopic (exact) mass is 372 g/mol. The maximum atomic E-state index is 13.2. The van der Waals surface area contributed by atoms with Crippen LogP contribution in [0.25, 0.3) is 0 Å². The Balaban J connectivity index is 2.79. The molecule has 0 aliphatic heterocycles. The van der Waals surface area contributed by atoms with Crippen molar-refractivity contribution < 1.29 is 4.79 Å². The number of H-pyrrole nitrogens is 1. The molecular formula is C20H21ClN2O3. The summed E-state index contributed by atoms with van der Waals surface area (Å²) >= 11 is 6.06. The van der Waals surface area contributed by atoms with Crippen molar-refractivity contribution in [2.24, 2.45) is 0 Å². The lowest BCUT2D eigenvalue weighted by molar-refractivity contribution is 0.102. The van der Waals surface area contributed by atoms with Crippen molar-refractivity contribution in [1.29, 1.82) is 0 Å². The number of terminal acetylenes is 1. The molecule has 0 saturated heterocycles. The lowest BCUT2D eigenvalue weighted by Gasteiger charge is -2.17. The van der Waals surface area contributed by atoms with Gasteiger partial charge in [-0.1, -0.05) is 44.7 Å². The molecule has 0 amide bonds. The van der Waals surface area contributed by atoms with Crippen LogP contribution >= 0.6 is 11.6 Å². The highest BCUT2D eigenvalue weighted by Crippen LogP contribution is 2.21. The summed E-state index contributed by atoms with van der Waals surface area (Å²) in [5, 5.41) is 0.321. The van der Waals surface area contributed by atoms with Crippen LogP contribution in [0.2, 0.25) is 5.02 Å². The van der Waals surface area contributed by atoms with Crippen LogP contribution in [0.3, 0.4) is 0 Å². The number of hydrogen-bond acceptors (Lipinski definition) is 3. The molecule has 1 aromatic carbocycles. The van der Waals surface area contributed by atoms with Gasteiger partial charge < -0.3 is 0 Å². The maximum absolute atomic E-state index is 13.2. The molecule has 0 spiro atoms. The summed E-state index contributed by atoms with van der Waals surface area (Å²) in [7, 11) is 0. The van der Waals surface area contributed by atoms with Gasteiger partial charge in [0.1, 0.15) is 5.69 Å². The molecule has 1 aromatic heterocycles. The smallest absolute Gasteiger partial charge is 0.290 e. The highest BCUT2D eigenvalue weighted by molar-refractivity contribution is 6.31. The first-order valence-electron chi connectivity index (χ1n) is 8.49. The van der Waals surface area contributed by atoms with Crippen LogP contribution in [0.1, 0.15) is 66.7 Å². The average Bonchev–Trinajstić information content (AvgIpc) is 2.58. The van der Waals surface area contributed by atoms with Crippen molar-refractivity contribution in [1.82, 2.24) is 9.55 Å². The zero-order valence-electron chi connectivity index (χ0n) is 15.1. The van der Waals surface area contributed by atoms with E-state index in [-0.39, 0.29) is 22.7 Å². The van der Waals surface area contributed by atoms with Gasteiger partial charge in [0.15, 0.2) is 0 Å². The third-order valence-corrected chi connectivity index (χ3v) is 4.31. The number of aromatic nitrogens is 2. The number of aromatic amines is 1. The third kappa shape index (κ3) is 3.97. The van der Waals surface area contributed by atoms with E-state index in [2.05, 4.69) is 10.9 Å². The van der Waals surface area contributed by atoms with E-state index in [0.717, 1.165) is 6.42 Å². The standard InChI is InChI=1S/C20H21ClN2O3/c1-5-7-8-23-17(16(12(3)4)19(25)22-20(23)26)18(24)14-9-13(6-2)10-15(21)11-14/h2,9-12H,5,7-8H2,1,3-4H3,(H,22,25,26). The van der Waals surface area contributed by atoms with Gasteiger partial charge in [0, 0.05) is 28.3 Å². The number of halogens is 1. The Bertz CT molecular complexity index is 994. The van der Waals surface area contributed by atoms with E-state index < -0.39 is 17.0 Å². The van der Waals surface area contributed by atoms with Crippen LogP contribution < -0.4 is 11.2 Å². The molecule has 136 valence electrons. The molecule has 1 heterocycles. The normalized spacial score (nSPS) is 10.8. The second-order valence-corrected chi connectivity index (χ2v) is 6.82. The van der Waals surface area contributed by atoms with Crippen LogP contribution in [0.5, 0.6) is 0 Å². The molecule has 2 aromatic rings. The number of carbonyl (C=O) groups is 1. The molecule has 6 heteroatoms. The van der Waals surface area contributed by atoms with E-state index in [4.69, 9.17) is 18.0 Å². The van der Waals surface area contributed by atoms with Crippen molar-refractivity contribution in [3.05, 3.63) is 66.4 Å². The van der Waals surface area contributed by atoms with Gasteiger partial charge >= 0.3 is 5.69 Å². The van der Waals surface area contributed by atoms with Gasteiger partial charge in [-0.3, -0.25) is 19.1 Å². The van der Waals surface area contributed by atoms with Crippen molar-refractivity contribution in [3.63, 3.8) is 0 Å². The van der Waals surface area contributed by atoms with Crippen LogP contribution in [-0.4, -0.2) is 15.3 Å². The molecule has 0 aliphatic rings. The molecule has 2 rings (SSSR count). The zero-order valence-corrected chi connectivity index (χ0v) is 15.8. The fourth-order valence-electron chi connectivity index (χ4n) is 2.84. The Morgan fingerprint density at radius 1 is 1.31 bits per heavy atom. The van der Waals surface area contributed by atoms with E-state index in [1.165, 1.54) is 16.7 Å². The van der Waals surface area contributed by atoms with E-state index in [9.17, 15) is 14.4 Å². The molecule has 26 heavy (non-hydrogen) atoms. The van der Waals surface area contributed by atoms with E-state index in [1.54, 1.807) is 19.9 Å². The Morgan fingerprint density at radius 2 is 2.00 bits per heavy atom. The fourth-order valence-corrected chi connectivity index (χ4v) is 3.07. The summed E-state index contributed by atoms with van der Waals surface area (Å²) in [5.74, 6) is 1.77. The number of benzene rings is 1. The largest absolute Gasteiger partial charge is 0.328 e. The SMILES string of the molecule is C#Cc1cc(Cl)cc(C(=O)c2c(C(C)C)c(=O)[nH]c(=O)n2CCCC)c1. The minimum absolute atomic E-state index is 0.104. The quantitative estimate of drug-likeness (QED) is 0.624. The summed E-state index contributed by atoms with van der Waals surface area (Å²) < 4.78 is 1.35. The van der Waals surface area contributed by atoms with E-state index in [1.807, 2.05) is 6.92 Å². The number of rotatable bonds is 6. The highest BCUT2D eigenvalue weighted by atomic mass is 35.5. The van der Waals surface area contributed by atoms with Gasteiger partial charge in [0.05, 0.1) is 0 Å². The van der Waals surface area contributed by atoms with Crippen molar-refractivity contribution in [3.8, 4) is 12.3 Å². The second-order valence-electron chi connectivity index (χ2n) is 6.38. The van der Waals surface area contributed by atoms with Crippen LogP contribution in [0, 0.1) is 12.3 Å². The molecule has 1 N–H and O–H groups in total. The summed E-state index contributed by atoms with van der Waals surface area (Å²) in [4.78, 5) is 40.3. The van der Waals surface area contributed by atoms with Crippen molar-refractivity contribution in [2.45, 2.75) is 46.1 Å². The number of ketones is 1. The number of nitrogens with one attached hydrogen (secondary N) is 1. The summed E-state index contributed by atoms with van der Waals surface area (Å²) in [5.41, 5.74) is -0.0297. The maximum Gasteiger partial charge on any atom is 0.328 e. The molecule has 0 unspecified atom stereocenters. The van der Waals surface area contributed by atoms with Crippen LogP contribution in [-0.2, 0) is 6.54 Å². The first-order chi connectivity index (χ1) is 12.3. The number of unbranched alkanes of at least 4 members (excludes halogenated alkanes) is 1. The Labute approximate surface area is 157 Å². The van der Waals surface area contributed by atoms with Gasteiger partial charge in [-0.2, -0.15) is 0 Å². The van der Waals surface area contributed by atoms with Gasteiger partial charge in [0.25, 0.3) is 5.56 Å². The first kappa shape index (κ1) is 19.7. The fraction of sp³-hybridized carbons (Fsp3) is 0.350. The van der Waals surface area contributed by atoms with Gasteiger partial charge in [-0.15, -0.1) is 6.42 Å². The molecule has 0 fully saturated rings. The lowest BCUT2D eigenvalue weighted by atomic mass is 9.96. The summed E-state index contributed by atoms with van der Waals surface area (Å²) in [6.45, 7) is 5.94. The molecule has 0 saturated carbocycles. The van der Waals surface area contributed by atoms with E-state index in [0.29, 0.717) is 23.6 Å². The predicted molar refractivity (Wildman–Crippen MR) is 103 cm³/mol. The number of nitrogens with zero attached hydrogens (tertiary/aromatic N) is 1. The minimum Gasteiger partial charge on any atom is -0.290 e. The summed E-state index contributed by atoms with van der Waals surface area (Å²) in [6, 6.07) is 4.60. The van der Waals surface area contributed by atoms with Gasteiger partial charge in [-0.25, -0.2) is 4.79 Å². The average molecular weight is 373 g/mol. The third-order valence-electron chi connectivity index (χ3n) is 4.09. The number of hydrogen-bond donors (Lipinski definition) is 1. The van der Waals surface area contributed by atoms with Gasteiger partial charge in [0.2, 0.25) is 5.78 Å². The Morgan fingerprint density at radius 3 is 2.58 bits per heavy atom. The predicted octanol–water partition coefficient (Wildman–Crippen LogP) is 3.33. The van der Waals surface area contributed by atoms with Crippen LogP contribution in [0.4, 0.5) is 0 Å². The Kier molecular flexibility index (Phi) is 6.23. The molecule has 5 nitrogen and oxygen atoms in total. The van der Waals surface area contributed by atoms with Crippen molar-refractivity contribution >= 4 is 17.4 Å². The zero-order chi connectivity index (χ0) is 19.4. The molecule has 0 bridgehead atoms. The topological polar surface area (TPSA) is 71.9 Å². The molecule has 0 radical (unpaired) electrons. The van der Waals surface area contributed by atoms with Gasteiger partial charge in [-0.05, 0) is 30.5 Å². The Hall–Kier alpha value is -2.58. The number of carbonyl (C=O) groups excluding carboxylic acids is 1. The molecule has 0 aliphatic carbocycles. The minimum atomic E-state index is -0.588. The lowest BCUT2D eigenvalue weighted by Crippen LogP contribution is -2.38. The second kappa shape index (κ2) is 8.20. The first-order valence-corrected chi connectivity index (χ1v) is 8.86. The van der Waals surface area contributed by atoms with Crippen molar-refractivity contribution in [2.75, 3.05) is 0 Å². The summed E-state index contributed by atoms with van der Waals surface area (Å²) in [6.07, 6.45) is 6.96. The molecule has 0 atom stereocenters. The highest BCUT2D eigenvalue weighted by Gasteiger charge is 2.24. The molecular weight excluding hydrogens is 352 g/mol.